The van der Waals surface area contributed by atoms with Crippen LogP contribution in [0, 0.1) is 0 Å². The lowest BCUT2D eigenvalue weighted by Gasteiger charge is -2.12. The van der Waals surface area contributed by atoms with E-state index in [4.69, 9.17) is 0 Å². The van der Waals surface area contributed by atoms with Gasteiger partial charge in [0.15, 0.2) is 0 Å². The molecular weight excluding hydrogens is 182 g/mol. The topological polar surface area (TPSA) is 12.0 Å². The van der Waals surface area contributed by atoms with Crippen LogP contribution >= 0.6 is 0 Å². The molecule has 1 aromatic carbocycles. The monoisotopic (exact) mass is 203 g/mol. The van der Waals surface area contributed by atoms with Crippen LogP contribution in [0.2, 0.25) is 0 Å². The van der Waals surface area contributed by atoms with E-state index in [1.807, 2.05) is 6.08 Å². The Morgan fingerprint density at radius 2 is 2.07 bits per heavy atom. The van der Waals surface area contributed by atoms with E-state index in [9.17, 15) is 0 Å². The van der Waals surface area contributed by atoms with Crippen molar-refractivity contribution in [1.82, 2.24) is 5.32 Å². The van der Waals surface area contributed by atoms with Crippen molar-refractivity contribution in [3.8, 4) is 0 Å². The van der Waals surface area contributed by atoms with Gasteiger partial charge in [0.1, 0.15) is 0 Å². The van der Waals surface area contributed by atoms with Gasteiger partial charge >= 0.3 is 0 Å². The summed E-state index contributed by atoms with van der Waals surface area (Å²) in [5.74, 6) is 0. The molecule has 1 atom stereocenters. The van der Waals surface area contributed by atoms with E-state index >= 15 is 0 Å². The van der Waals surface area contributed by atoms with Gasteiger partial charge in [-0.2, -0.15) is 0 Å². The van der Waals surface area contributed by atoms with Gasteiger partial charge in [0.25, 0.3) is 0 Å². The second kappa shape index (κ2) is 7.24. The Bertz CT molecular complexity index is 266. The Balaban J connectivity index is 2.23. The van der Waals surface area contributed by atoms with Crippen LogP contribution in [0.5, 0.6) is 0 Å². The van der Waals surface area contributed by atoms with E-state index in [0.29, 0.717) is 6.04 Å². The predicted octanol–water partition coefficient (Wildman–Crippen LogP) is 3.17. The van der Waals surface area contributed by atoms with Crippen molar-refractivity contribution in [3.63, 3.8) is 0 Å². The Labute approximate surface area is 93.2 Å². The average Bonchev–Trinajstić information content (AvgIpc) is 2.29. The third-order valence-electron chi connectivity index (χ3n) is 2.57. The number of likely N-dealkylation sites (N-methyl/N-ethyl adjacent to an activating group) is 1. The number of rotatable bonds is 7. The maximum atomic E-state index is 3.84. The van der Waals surface area contributed by atoms with E-state index in [1.165, 1.54) is 18.4 Å². The lowest BCUT2D eigenvalue weighted by atomic mass is 10.0. The zero-order valence-corrected chi connectivity index (χ0v) is 9.58. The third kappa shape index (κ3) is 4.80. The molecule has 0 radical (unpaired) electrons. The maximum absolute atomic E-state index is 3.84. The van der Waals surface area contributed by atoms with Gasteiger partial charge in [-0.15, -0.1) is 6.58 Å². The fourth-order valence-electron chi connectivity index (χ4n) is 1.74. The fraction of sp³-hybridized carbons (Fsp3) is 0.429. The minimum absolute atomic E-state index is 0.471. The van der Waals surface area contributed by atoms with E-state index < -0.39 is 0 Å². The molecule has 1 nitrogen and oxygen atoms in total. The van der Waals surface area contributed by atoms with Crippen LogP contribution in [0.4, 0.5) is 0 Å². The molecule has 15 heavy (non-hydrogen) atoms. The molecule has 1 unspecified atom stereocenters. The highest BCUT2D eigenvalue weighted by Crippen LogP contribution is 2.06. The highest BCUT2D eigenvalue weighted by atomic mass is 14.9. The van der Waals surface area contributed by atoms with Gasteiger partial charge in [-0.25, -0.2) is 0 Å². The molecule has 1 N–H and O–H groups in total. The van der Waals surface area contributed by atoms with Crippen molar-refractivity contribution in [2.45, 2.75) is 32.2 Å². The number of aryl methyl sites for hydroxylation is 1. The van der Waals surface area contributed by atoms with Gasteiger partial charge < -0.3 is 5.32 Å². The first-order valence-corrected chi connectivity index (χ1v) is 5.76. The minimum atomic E-state index is 0.471. The molecule has 0 heterocycles. The molecule has 1 rings (SSSR count). The summed E-state index contributed by atoms with van der Waals surface area (Å²) in [6.07, 6.45) is 5.56. The highest BCUT2D eigenvalue weighted by molar-refractivity contribution is 5.14. The summed E-state index contributed by atoms with van der Waals surface area (Å²) in [5.41, 5.74) is 1.43. The van der Waals surface area contributed by atoms with Crippen LogP contribution in [0.1, 0.15) is 25.3 Å². The van der Waals surface area contributed by atoms with Gasteiger partial charge in [-0.1, -0.05) is 43.3 Å². The zero-order valence-electron chi connectivity index (χ0n) is 9.58. The quantitative estimate of drug-likeness (QED) is 0.671. The van der Waals surface area contributed by atoms with Crippen LogP contribution in [-0.4, -0.2) is 12.6 Å². The lowest BCUT2D eigenvalue weighted by molar-refractivity contribution is 0.553. The Morgan fingerprint density at radius 1 is 1.33 bits per heavy atom. The molecule has 0 bridgehead atoms. The largest absolute Gasteiger partial charge is 0.311 e. The summed E-state index contributed by atoms with van der Waals surface area (Å²) in [5, 5.41) is 3.40. The van der Waals surface area contributed by atoms with Crippen LogP contribution in [-0.2, 0) is 6.42 Å². The van der Waals surface area contributed by atoms with Crippen LogP contribution < -0.4 is 5.32 Å². The first-order valence-electron chi connectivity index (χ1n) is 5.76. The van der Waals surface area contributed by atoms with Gasteiger partial charge in [0.05, 0.1) is 0 Å². The summed E-state index contributed by atoms with van der Waals surface area (Å²) in [6, 6.07) is 11.1. The van der Waals surface area contributed by atoms with Gasteiger partial charge in [-0.3, -0.25) is 0 Å². The molecule has 0 saturated heterocycles. The Hall–Kier alpha value is -1.08. The van der Waals surface area contributed by atoms with E-state index in [2.05, 4.69) is 49.2 Å². The van der Waals surface area contributed by atoms with Crippen LogP contribution in [0.15, 0.2) is 43.0 Å². The molecule has 0 saturated carbocycles. The van der Waals surface area contributed by atoms with E-state index in [-0.39, 0.29) is 0 Å². The molecule has 0 spiro atoms. The summed E-state index contributed by atoms with van der Waals surface area (Å²) in [4.78, 5) is 0. The lowest BCUT2D eigenvalue weighted by Crippen LogP contribution is -2.26. The van der Waals surface area contributed by atoms with Crippen LogP contribution in [0.3, 0.4) is 0 Å². The molecule has 0 aliphatic carbocycles. The van der Waals surface area contributed by atoms with Crippen molar-refractivity contribution >= 4 is 0 Å². The van der Waals surface area contributed by atoms with E-state index in [0.717, 1.165) is 13.0 Å². The SMILES string of the molecule is C=CC(CCCc1ccccc1)NCC. The molecule has 82 valence electrons. The molecule has 0 amide bonds. The second-order valence-corrected chi connectivity index (χ2v) is 3.78. The molecule has 1 aromatic rings. The highest BCUT2D eigenvalue weighted by Gasteiger charge is 2.01. The van der Waals surface area contributed by atoms with Crippen molar-refractivity contribution in [2.75, 3.05) is 6.54 Å². The molecular formula is C14H21N. The van der Waals surface area contributed by atoms with Gasteiger partial charge in [-0.05, 0) is 31.4 Å². The molecule has 0 fully saturated rings. The fourth-order valence-corrected chi connectivity index (χ4v) is 1.74. The molecule has 0 aromatic heterocycles. The van der Waals surface area contributed by atoms with Crippen LogP contribution in [0.25, 0.3) is 0 Å². The predicted molar refractivity (Wildman–Crippen MR) is 67.0 cm³/mol. The minimum Gasteiger partial charge on any atom is -0.311 e. The van der Waals surface area contributed by atoms with E-state index in [1.54, 1.807) is 0 Å². The second-order valence-electron chi connectivity index (χ2n) is 3.78. The first-order chi connectivity index (χ1) is 7.36. The zero-order chi connectivity index (χ0) is 10.9. The van der Waals surface area contributed by atoms with Gasteiger partial charge in [0, 0.05) is 6.04 Å². The third-order valence-corrected chi connectivity index (χ3v) is 2.57. The van der Waals surface area contributed by atoms with Crippen molar-refractivity contribution in [1.29, 1.82) is 0 Å². The first kappa shape index (κ1) is 12.0. The number of benzene rings is 1. The summed E-state index contributed by atoms with van der Waals surface area (Å²) in [7, 11) is 0. The van der Waals surface area contributed by atoms with Crippen molar-refractivity contribution < 1.29 is 0 Å². The number of nitrogens with one attached hydrogen (secondary N) is 1. The standard InChI is InChI=1S/C14H21N/c1-3-14(15-4-2)12-8-11-13-9-6-5-7-10-13/h3,5-7,9-10,14-15H,1,4,8,11-12H2,2H3. The normalized spacial score (nSPS) is 12.3. The molecule has 1 heteroatoms. The molecule has 0 aliphatic heterocycles. The average molecular weight is 203 g/mol. The van der Waals surface area contributed by atoms with Crippen molar-refractivity contribution in [3.05, 3.63) is 48.6 Å². The smallest absolute Gasteiger partial charge is 0.0247 e. The summed E-state index contributed by atoms with van der Waals surface area (Å²) >= 11 is 0. The molecule has 0 aliphatic rings. The summed E-state index contributed by atoms with van der Waals surface area (Å²) < 4.78 is 0. The van der Waals surface area contributed by atoms with Crippen molar-refractivity contribution in [2.24, 2.45) is 0 Å². The Morgan fingerprint density at radius 3 is 2.67 bits per heavy atom. The maximum Gasteiger partial charge on any atom is 0.0247 e. The number of hydrogen-bond acceptors (Lipinski definition) is 1. The van der Waals surface area contributed by atoms with Gasteiger partial charge in [0.2, 0.25) is 0 Å². The summed E-state index contributed by atoms with van der Waals surface area (Å²) in [6.45, 7) is 6.99. The Kier molecular flexibility index (Phi) is 5.79. The number of hydrogen-bond donors (Lipinski definition) is 1.